The molecule has 1 heterocycles. The highest BCUT2D eigenvalue weighted by molar-refractivity contribution is 14.0. The largest absolute Gasteiger partial charge is 0.370 e. The molecule has 0 radical (unpaired) electrons. The Kier molecular flexibility index (Phi) is 8.78. The first-order valence-corrected chi connectivity index (χ1v) is 7.97. The molecule has 1 saturated heterocycles. The van der Waals surface area contributed by atoms with Gasteiger partial charge in [0.1, 0.15) is 0 Å². The van der Waals surface area contributed by atoms with Gasteiger partial charge in [0.2, 0.25) is 0 Å². The molecule has 5 heteroatoms. The third-order valence-electron chi connectivity index (χ3n) is 3.75. The van der Waals surface area contributed by atoms with E-state index in [0.29, 0.717) is 18.4 Å². The fraction of sp³-hybridized carbons (Fsp3) is 0.588. The number of hydrogen-bond acceptors (Lipinski definition) is 2. The summed E-state index contributed by atoms with van der Waals surface area (Å²) in [6.07, 6.45) is 2.69. The number of nitrogens with zero attached hydrogens (tertiary/aromatic N) is 2. The van der Waals surface area contributed by atoms with Crippen molar-refractivity contribution in [3.05, 3.63) is 35.4 Å². The Balaban J connectivity index is 0.00000242. The topological polar surface area (TPSA) is 53.6 Å². The van der Waals surface area contributed by atoms with E-state index in [-0.39, 0.29) is 24.0 Å². The maximum Gasteiger partial charge on any atom is 0.188 e. The number of halogens is 1. The molecule has 22 heavy (non-hydrogen) atoms. The standard InChI is InChI=1S/C17H28N4.HI/c1-14(2)11-19-17(18)20-12-15-5-7-16(8-6-15)13-21-9-3-4-10-21;/h5-8,14H,3-4,9-13H2,1-2H3,(H3,18,19,20);1H. The molecule has 0 amide bonds. The second kappa shape index (κ2) is 10.0. The second-order valence-electron chi connectivity index (χ2n) is 6.28. The molecule has 0 bridgehead atoms. The molecule has 1 aliphatic rings. The van der Waals surface area contributed by atoms with Crippen LogP contribution < -0.4 is 11.1 Å². The zero-order chi connectivity index (χ0) is 15.1. The number of likely N-dealkylation sites (tertiary alicyclic amines) is 1. The van der Waals surface area contributed by atoms with E-state index in [0.717, 1.165) is 13.1 Å². The first-order valence-electron chi connectivity index (χ1n) is 7.97. The van der Waals surface area contributed by atoms with Gasteiger partial charge >= 0.3 is 0 Å². The molecule has 1 fully saturated rings. The lowest BCUT2D eigenvalue weighted by atomic mass is 10.1. The van der Waals surface area contributed by atoms with Crippen LogP contribution in [0.5, 0.6) is 0 Å². The fourth-order valence-corrected chi connectivity index (χ4v) is 2.49. The van der Waals surface area contributed by atoms with Crippen molar-refractivity contribution in [3.8, 4) is 0 Å². The molecule has 0 unspecified atom stereocenters. The van der Waals surface area contributed by atoms with Crippen LogP contribution in [0.1, 0.15) is 37.8 Å². The summed E-state index contributed by atoms with van der Waals surface area (Å²) in [6.45, 7) is 9.36. The van der Waals surface area contributed by atoms with E-state index in [1.807, 2.05) is 0 Å². The molecule has 2 rings (SSSR count). The highest BCUT2D eigenvalue weighted by Crippen LogP contribution is 2.13. The van der Waals surface area contributed by atoms with Gasteiger partial charge in [0.15, 0.2) is 5.96 Å². The van der Waals surface area contributed by atoms with Crippen molar-refractivity contribution < 1.29 is 0 Å². The van der Waals surface area contributed by atoms with E-state index in [9.17, 15) is 0 Å². The van der Waals surface area contributed by atoms with E-state index in [4.69, 9.17) is 5.73 Å². The molecular weight excluding hydrogens is 387 g/mol. The summed E-state index contributed by atoms with van der Waals surface area (Å²) in [7, 11) is 0. The number of nitrogens with two attached hydrogens (primary N) is 1. The van der Waals surface area contributed by atoms with E-state index in [1.165, 1.54) is 37.1 Å². The number of aliphatic imine (C=N–C) groups is 1. The molecular formula is C17H29IN4. The van der Waals surface area contributed by atoms with E-state index in [1.54, 1.807) is 0 Å². The van der Waals surface area contributed by atoms with Gasteiger partial charge in [-0.1, -0.05) is 38.1 Å². The molecule has 0 atom stereocenters. The Bertz CT molecular complexity index is 450. The Hall–Kier alpha value is -0.820. The maximum absolute atomic E-state index is 5.84. The highest BCUT2D eigenvalue weighted by atomic mass is 127. The Morgan fingerprint density at radius 1 is 1.18 bits per heavy atom. The molecule has 0 spiro atoms. The van der Waals surface area contributed by atoms with Gasteiger partial charge in [0.25, 0.3) is 0 Å². The van der Waals surface area contributed by atoms with Crippen LogP contribution in [0.3, 0.4) is 0 Å². The number of guanidine groups is 1. The number of rotatable bonds is 6. The average molecular weight is 416 g/mol. The van der Waals surface area contributed by atoms with Crippen molar-refractivity contribution in [3.63, 3.8) is 0 Å². The summed E-state index contributed by atoms with van der Waals surface area (Å²) in [5, 5.41) is 3.13. The van der Waals surface area contributed by atoms with Gasteiger partial charge in [-0.15, -0.1) is 24.0 Å². The molecule has 1 aromatic carbocycles. The van der Waals surface area contributed by atoms with Crippen molar-refractivity contribution in [1.29, 1.82) is 0 Å². The number of hydrogen-bond donors (Lipinski definition) is 2. The lowest BCUT2D eigenvalue weighted by Crippen LogP contribution is -2.34. The summed E-state index contributed by atoms with van der Waals surface area (Å²) in [5.74, 6) is 1.11. The van der Waals surface area contributed by atoms with Crippen molar-refractivity contribution in [2.45, 2.75) is 39.8 Å². The van der Waals surface area contributed by atoms with Crippen LogP contribution in [0.4, 0.5) is 0 Å². The monoisotopic (exact) mass is 416 g/mol. The summed E-state index contributed by atoms with van der Waals surface area (Å²) >= 11 is 0. The fourth-order valence-electron chi connectivity index (χ4n) is 2.49. The Labute approximate surface area is 151 Å². The minimum atomic E-state index is 0. The van der Waals surface area contributed by atoms with Crippen molar-refractivity contribution in [2.75, 3.05) is 19.6 Å². The Morgan fingerprint density at radius 2 is 1.77 bits per heavy atom. The SMILES string of the molecule is CC(C)CNC(N)=NCc1ccc(CN2CCCC2)cc1.I. The zero-order valence-corrected chi connectivity index (χ0v) is 16.0. The van der Waals surface area contributed by atoms with Crippen molar-refractivity contribution in [1.82, 2.24) is 10.2 Å². The molecule has 0 aromatic heterocycles. The smallest absolute Gasteiger partial charge is 0.188 e. The third-order valence-corrected chi connectivity index (χ3v) is 3.75. The number of nitrogens with one attached hydrogen (secondary N) is 1. The van der Waals surface area contributed by atoms with E-state index < -0.39 is 0 Å². The van der Waals surface area contributed by atoms with Crippen LogP contribution in [0.2, 0.25) is 0 Å². The van der Waals surface area contributed by atoms with Gasteiger partial charge in [0, 0.05) is 13.1 Å². The molecule has 0 aliphatic carbocycles. The van der Waals surface area contributed by atoms with Crippen molar-refractivity contribution >= 4 is 29.9 Å². The van der Waals surface area contributed by atoms with Gasteiger partial charge < -0.3 is 11.1 Å². The first kappa shape index (κ1) is 19.2. The van der Waals surface area contributed by atoms with Gasteiger partial charge in [-0.2, -0.15) is 0 Å². The summed E-state index contributed by atoms with van der Waals surface area (Å²) in [4.78, 5) is 6.89. The third kappa shape index (κ3) is 6.96. The second-order valence-corrected chi connectivity index (χ2v) is 6.28. The molecule has 0 saturated carbocycles. The Morgan fingerprint density at radius 3 is 2.36 bits per heavy atom. The van der Waals surface area contributed by atoms with Crippen LogP contribution in [0.15, 0.2) is 29.3 Å². The van der Waals surface area contributed by atoms with Crippen LogP contribution in [0, 0.1) is 5.92 Å². The molecule has 3 N–H and O–H groups in total. The lowest BCUT2D eigenvalue weighted by molar-refractivity contribution is 0.331. The number of benzene rings is 1. The van der Waals surface area contributed by atoms with Gasteiger partial charge in [-0.25, -0.2) is 4.99 Å². The van der Waals surface area contributed by atoms with Gasteiger partial charge in [-0.05, 0) is 43.0 Å². The van der Waals surface area contributed by atoms with E-state index >= 15 is 0 Å². The lowest BCUT2D eigenvalue weighted by Gasteiger charge is -2.14. The maximum atomic E-state index is 5.84. The molecule has 124 valence electrons. The summed E-state index contributed by atoms with van der Waals surface area (Å²) in [5.41, 5.74) is 8.43. The van der Waals surface area contributed by atoms with E-state index in [2.05, 4.69) is 53.3 Å². The minimum absolute atomic E-state index is 0. The molecule has 1 aromatic rings. The highest BCUT2D eigenvalue weighted by Gasteiger charge is 2.11. The average Bonchev–Trinajstić information content (AvgIpc) is 2.97. The minimum Gasteiger partial charge on any atom is -0.370 e. The van der Waals surface area contributed by atoms with Crippen LogP contribution >= 0.6 is 24.0 Å². The van der Waals surface area contributed by atoms with Crippen LogP contribution in [0.25, 0.3) is 0 Å². The quantitative estimate of drug-likeness (QED) is 0.426. The predicted octanol–water partition coefficient (Wildman–Crippen LogP) is 2.96. The molecule has 4 nitrogen and oxygen atoms in total. The van der Waals surface area contributed by atoms with Crippen LogP contribution in [-0.2, 0) is 13.1 Å². The predicted molar refractivity (Wildman–Crippen MR) is 105 cm³/mol. The summed E-state index contributed by atoms with van der Waals surface area (Å²) in [6, 6.07) is 8.73. The normalized spacial score (nSPS) is 15.9. The van der Waals surface area contributed by atoms with Gasteiger partial charge in [0.05, 0.1) is 6.54 Å². The van der Waals surface area contributed by atoms with Crippen molar-refractivity contribution in [2.24, 2.45) is 16.6 Å². The molecule has 1 aliphatic heterocycles. The van der Waals surface area contributed by atoms with Gasteiger partial charge in [-0.3, -0.25) is 4.90 Å². The first-order chi connectivity index (χ1) is 10.1. The van der Waals surface area contributed by atoms with Crippen LogP contribution in [-0.4, -0.2) is 30.5 Å². The zero-order valence-electron chi connectivity index (χ0n) is 13.7. The summed E-state index contributed by atoms with van der Waals surface area (Å²) < 4.78 is 0.